The minimum atomic E-state index is -0.340. The van der Waals surface area contributed by atoms with Gasteiger partial charge in [-0.3, -0.25) is 9.69 Å². The van der Waals surface area contributed by atoms with E-state index in [0.717, 1.165) is 12.2 Å². The predicted octanol–water partition coefficient (Wildman–Crippen LogP) is -1.06. The molecule has 0 radical (unpaired) electrons. The van der Waals surface area contributed by atoms with Crippen LogP contribution in [0.2, 0.25) is 0 Å². The highest BCUT2D eigenvalue weighted by Gasteiger charge is 2.26. The Kier molecular flexibility index (Phi) is 3.88. The van der Waals surface area contributed by atoms with Gasteiger partial charge in [0, 0.05) is 19.6 Å². The maximum absolute atomic E-state index is 11.8. The van der Waals surface area contributed by atoms with E-state index in [-0.39, 0.29) is 18.5 Å². The quantitative estimate of drug-likeness (QED) is 0.697. The number of rotatable bonds is 5. The van der Waals surface area contributed by atoms with Crippen molar-refractivity contribution < 1.29 is 9.59 Å². The van der Waals surface area contributed by atoms with E-state index in [1.165, 1.54) is 9.58 Å². The molecule has 0 unspecified atom stereocenters. The van der Waals surface area contributed by atoms with Crippen LogP contribution in [0.25, 0.3) is 0 Å². The Bertz CT molecular complexity index is 443. The largest absolute Gasteiger partial charge is 0.336 e. The summed E-state index contributed by atoms with van der Waals surface area (Å²) in [6.45, 7) is 4.42. The Hall–Kier alpha value is -1.96. The van der Waals surface area contributed by atoms with Crippen molar-refractivity contribution in [3.8, 4) is 0 Å². The number of carbonyl (C=O) groups is 2. The zero-order valence-electron chi connectivity index (χ0n) is 10.2. The van der Waals surface area contributed by atoms with Crippen LogP contribution in [0, 0.1) is 0 Å². The van der Waals surface area contributed by atoms with Crippen molar-refractivity contribution >= 4 is 11.9 Å². The van der Waals surface area contributed by atoms with Crippen LogP contribution in [-0.4, -0.2) is 51.5 Å². The zero-order chi connectivity index (χ0) is 13.0. The molecule has 1 fully saturated rings. The van der Waals surface area contributed by atoms with Crippen LogP contribution in [0.3, 0.4) is 0 Å². The van der Waals surface area contributed by atoms with Crippen molar-refractivity contribution in [3.05, 3.63) is 11.9 Å². The average Bonchev–Trinajstić information content (AvgIpc) is 2.95. The minimum Gasteiger partial charge on any atom is -0.336 e. The number of amides is 3. The number of imide groups is 1. The molecule has 3 amide bonds. The lowest BCUT2D eigenvalue weighted by molar-refractivity contribution is -0.128. The molecule has 8 heteroatoms. The number of hydrogen-bond acceptors (Lipinski definition) is 5. The molecule has 2 heterocycles. The van der Waals surface area contributed by atoms with Gasteiger partial charge in [0.25, 0.3) is 5.91 Å². The first-order chi connectivity index (χ1) is 8.70. The first-order valence-corrected chi connectivity index (χ1v) is 5.88. The van der Waals surface area contributed by atoms with Gasteiger partial charge in [0.1, 0.15) is 6.54 Å². The summed E-state index contributed by atoms with van der Waals surface area (Å²) in [6, 6.07) is -0.340. The fourth-order valence-electron chi connectivity index (χ4n) is 1.68. The lowest BCUT2D eigenvalue weighted by atomic mass is 10.4. The highest BCUT2D eigenvalue weighted by molar-refractivity contribution is 5.95. The summed E-state index contributed by atoms with van der Waals surface area (Å²) in [5.41, 5.74) is 0.774. The second kappa shape index (κ2) is 5.58. The van der Waals surface area contributed by atoms with E-state index >= 15 is 0 Å². The smallest absolute Gasteiger partial charge is 0.324 e. The van der Waals surface area contributed by atoms with Crippen LogP contribution in [0.1, 0.15) is 12.6 Å². The van der Waals surface area contributed by atoms with E-state index in [4.69, 9.17) is 0 Å². The molecule has 0 atom stereocenters. The molecule has 0 bridgehead atoms. The lowest BCUT2D eigenvalue weighted by Gasteiger charge is -2.11. The van der Waals surface area contributed by atoms with Crippen LogP contribution in [0.5, 0.6) is 0 Å². The van der Waals surface area contributed by atoms with Crippen molar-refractivity contribution in [2.45, 2.75) is 20.0 Å². The molecule has 1 aliphatic rings. The molecule has 8 nitrogen and oxygen atoms in total. The molecule has 1 aromatic rings. The Morgan fingerprint density at radius 3 is 3.11 bits per heavy atom. The summed E-state index contributed by atoms with van der Waals surface area (Å²) in [6.07, 6.45) is 1.70. The monoisotopic (exact) mass is 252 g/mol. The summed E-state index contributed by atoms with van der Waals surface area (Å²) >= 11 is 0. The summed E-state index contributed by atoms with van der Waals surface area (Å²) in [4.78, 5) is 24.3. The van der Waals surface area contributed by atoms with Gasteiger partial charge >= 0.3 is 6.03 Å². The molecule has 18 heavy (non-hydrogen) atoms. The zero-order valence-corrected chi connectivity index (χ0v) is 10.2. The Balaban J connectivity index is 1.90. The molecule has 0 spiro atoms. The number of nitrogens with one attached hydrogen (secondary N) is 2. The van der Waals surface area contributed by atoms with Crippen molar-refractivity contribution in [2.75, 3.05) is 19.6 Å². The molecule has 0 saturated carbocycles. The third kappa shape index (κ3) is 2.83. The predicted molar refractivity (Wildman–Crippen MR) is 62.5 cm³/mol. The van der Waals surface area contributed by atoms with Gasteiger partial charge in [0.2, 0.25) is 0 Å². The number of aromatic nitrogens is 3. The highest BCUT2D eigenvalue weighted by atomic mass is 16.2. The van der Waals surface area contributed by atoms with Gasteiger partial charge < -0.3 is 10.6 Å². The Morgan fingerprint density at radius 1 is 1.61 bits per heavy atom. The lowest BCUT2D eigenvalue weighted by Crippen LogP contribution is -2.36. The molecule has 1 aliphatic heterocycles. The van der Waals surface area contributed by atoms with Crippen molar-refractivity contribution in [1.29, 1.82) is 0 Å². The van der Waals surface area contributed by atoms with Crippen molar-refractivity contribution in [3.63, 3.8) is 0 Å². The van der Waals surface area contributed by atoms with Crippen LogP contribution < -0.4 is 10.6 Å². The van der Waals surface area contributed by atoms with Gasteiger partial charge in [0.15, 0.2) is 0 Å². The van der Waals surface area contributed by atoms with Crippen molar-refractivity contribution in [1.82, 2.24) is 30.5 Å². The van der Waals surface area contributed by atoms with E-state index < -0.39 is 0 Å². The topological polar surface area (TPSA) is 92.2 Å². The van der Waals surface area contributed by atoms with Crippen LogP contribution >= 0.6 is 0 Å². The normalized spacial score (nSPS) is 14.9. The maximum Gasteiger partial charge on any atom is 0.324 e. The number of carbonyl (C=O) groups excluding carboxylic acids is 2. The van der Waals surface area contributed by atoms with Gasteiger partial charge in [-0.1, -0.05) is 12.1 Å². The Morgan fingerprint density at radius 2 is 2.44 bits per heavy atom. The number of nitrogens with zero attached hydrogens (tertiary/aromatic N) is 4. The summed E-state index contributed by atoms with van der Waals surface area (Å²) in [5, 5.41) is 13.5. The van der Waals surface area contributed by atoms with E-state index in [1.807, 2.05) is 6.92 Å². The van der Waals surface area contributed by atoms with E-state index in [2.05, 4.69) is 20.9 Å². The minimum absolute atomic E-state index is 0.0343. The second-order valence-corrected chi connectivity index (χ2v) is 3.97. The third-order valence-corrected chi connectivity index (χ3v) is 2.60. The van der Waals surface area contributed by atoms with E-state index in [9.17, 15) is 9.59 Å². The molecule has 1 aromatic heterocycles. The van der Waals surface area contributed by atoms with Gasteiger partial charge in [-0.05, 0) is 6.54 Å². The molecule has 98 valence electrons. The van der Waals surface area contributed by atoms with E-state index in [1.54, 1.807) is 6.20 Å². The summed E-state index contributed by atoms with van der Waals surface area (Å²) < 4.78 is 1.45. The summed E-state index contributed by atoms with van der Waals surface area (Å²) in [5.74, 6) is -0.273. The van der Waals surface area contributed by atoms with Crippen LogP contribution in [-0.2, 0) is 17.9 Å². The number of hydrogen-bond donors (Lipinski definition) is 2. The van der Waals surface area contributed by atoms with Gasteiger partial charge in [-0.25, -0.2) is 9.48 Å². The summed E-state index contributed by atoms with van der Waals surface area (Å²) in [7, 11) is 0. The van der Waals surface area contributed by atoms with Crippen LogP contribution in [0.15, 0.2) is 6.20 Å². The molecule has 0 aromatic carbocycles. The van der Waals surface area contributed by atoms with Gasteiger partial charge in [0.05, 0.1) is 11.9 Å². The molecular weight excluding hydrogens is 236 g/mol. The van der Waals surface area contributed by atoms with E-state index in [0.29, 0.717) is 19.6 Å². The van der Waals surface area contributed by atoms with Gasteiger partial charge in [-0.15, -0.1) is 5.10 Å². The standard InChI is InChI=1S/C10H16N6O2/c1-2-11-5-8-6-15(14-13-8)7-9(17)16-4-3-12-10(16)18/h6,11H,2-5,7H2,1H3,(H,12,18). The molecule has 1 saturated heterocycles. The maximum atomic E-state index is 11.8. The molecule has 2 N–H and O–H groups in total. The highest BCUT2D eigenvalue weighted by Crippen LogP contribution is 2.00. The fourth-order valence-corrected chi connectivity index (χ4v) is 1.68. The first-order valence-electron chi connectivity index (χ1n) is 5.88. The average molecular weight is 252 g/mol. The number of urea groups is 1. The van der Waals surface area contributed by atoms with Crippen molar-refractivity contribution in [2.24, 2.45) is 0 Å². The second-order valence-electron chi connectivity index (χ2n) is 3.97. The Labute approximate surface area is 104 Å². The fraction of sp³-hybridized carbons (Fsp3) is 0.600. The SMILES string of the molecule is CCNCc1cn(CC(=O)N2CCNC2=O)nn1. The first kappa shape index (κ1) is 12.5. The molecular formula is C10H16N6O2. The van der Waals surface area contributed by atoms with Crippen LogP contribution in [0.4, 0.5) is 4.79 Å². The van der Waals surface area contributed by atoms with Gasteiger partial charge in [-0.2, -0.15) is 0 Å². The molecule has 2 rings (SSSR count). The molecule has 0 aliphatic carbocycles. The third-order valence-electron chi connectivity index (χ3n) is 2.60.